The molecule has 1 aliphatic rings. The summed E-state index contributed by atoms with van der Waals surface area (Å²) in [6.45, 7) is 7.83. The van der Waals surface area contributed by atoms with Crippen LogP contribution in [-0.2, 0) is 12.0 Å². The maximum absolute atomic E-state index is 5.50. The molecule has 1 heterocycles. The molecule has 0 N–H and O–H groups in total. The van der Waals surface area contributed by atoms with E-state index in [4.69, 9.17) is 4.74 Å². The number of anilines is 1. The third-order valence-corrected chi connectivity index (χ3v) is 6.77. The van der Waals surface area contributed by atoms with Crippen LogP contribution in [0.25, 0.3) is 0 Å². The molecule has 0 saturated heterocycles. The Morgan fingerprint density at radius 3 is 2.45 bits per heavy atom. The number of fused-ring (bicyclic) bond motifs is 1. The van der Waals surface area contributed by atoms with E-state index in [1.54, 1.807) is 7.11 Å². The number of methoxy groups -OCH3 is 1. The number of nitrogens with zero attached hydrogens (tertiary/aromatic N) is 1. The first kappa shape index (κ1) is 20.0. The fraction of sp³-hybridized carbons (Fsp3) is 0.308. The number of hydrogen-bond acceptors (Lipinski definition) is 2. The average Bonchev–Trinajstić information content (AvgIpc) is 2.74. The summed E-state index contributed by atoms with van der Waals surface area (Å²) in [6.07, 6.45) is 1.00. The zero-order valence-electron chi connectivity index (χ0n) is 17.6. The monoisotopic (exact) mass is 449 g/mol. The highest BCUT2D eigenvalue weighted by molar-refractivity contribution is 9.10. The fourth-order valence-corrected chi connectivity index (χ4v) is 4.77. The van der Waals surface area contributed by atoms with Crippen LogP contribution in [0.3, 0.4) is 0 Å². The summed E-state index contributed by atoms with van der Waals surface area (Å²) in [5.41, 5.74) is 6.41. The lowest BCUT2D eigenvalue weighted by Crippen LogP contribution is -2.49. The van der Waals surface area contributed by atoms with Crippen molar-refractivity contribution in [3.8, 4) is 5.75 Å². The molecular weight excluding hydrogens is 422 g/mol. The molecule has 1 atom stereocenters. The molecule has 0 aliphatic carbocycles. The van der Waals surface area contributed by atoms with Crippen molar-refractivity contribution in [2.75, 3.05) is 18.6 Å². The van der Waals surface area contributed by atoms with Crippen molar-refractivity contribution in [1.82, 2.24) is 0 Å². The van der Waals surface area contributed by atoms with Crippen LogP contribution in [0.4, 0.5) is 5.69 Å². The molecule has 0 fully saturated rings. The minimum absolute atomic E-state index is 0.254. The Labute approximate surface area is 182 Å². The maximum atomic E-state index is 5.50. The second-order valence-electron chi connectivity index (χ2n) is 8.25. The van der Waals surface area contributed by atoms with Crippen LogP contribution in [0, 0.1) is 0 Å². The van der Waals surface area contributed by atoms with Crippen LogP contribution in [0.15, 0.2) is 71.2 Å². The molecule has 0 spiro atoms. The number of hydrogen-bond donors (Lipinski definition) is 0. The van der Waals surface area contributed by atoms with E-state index in [0.29, 0.717) is 5.92 Å². The topological polar surface area (TPSA) is 12.5 Å². The highest BCUT2D eigenvalue weighted by atomic mass is 79.9. The van der Waals surface area contributed by atoms with Gasteiger partial charge in [0.05, 0.1) is 12.6 Å². The Morgan fingerprint density at radius 1 is 1.00 bits per heavy atom. The maximum Gasteiger partial charge on any atom is 0.119 e. The van der Waals surface area contributed by atoms with Crippen LogP contribution < -0.4 is 9.64 Å². The van der Waals surface area contributed by atoms with E-state index < -0.39 is 0 Å². The van der Waals surface area contributed by atoms with E-state index in [1.165, 1.54) is 27.9 Å². The Bertz CT molecular complexity index is 1010. The minimum Gasteiger partial charge on any atom is -0.497 e. The first-order valence-electron chi connectivity index (χ1n) is 10.2. The standard InChI is InChI=1S/C26H28BrNO/c1-18(2)19-6-5-7-23(16-19)28-15-14-20-17-24(29-4)12-13-25(20)26(28,3)21-8-10-22(27)11-9-21/h5-13,16-18H,14-15H2,1-4H3. The van der Waals surface area contributed by atoms with Gasteiger partial charge in [0, 0.05) is 16.7 Å². The Kier molecular flexibility index (Phi) is 5.44. The number of ether oxygens (including phenoxy) is 1. The average molecular weight is 450 g/mol. The summed E-state index contributed by atoms with van der Waals surface area (Å²) in [5, 5.41) is 0. The first-order chi connectivity index (χ1) is 13.9. The second-order valence-corrected chi connectivity index (χ2v) is 9.17. The zero-order valence-corrected chi connectivity index (χ0v) is 19.2. The smallest absolute Gasteiger partial charge is 0.119 e. The quantitative estimate of drug-likeness (QED) is 0.428. The van der Waals surface area contributed by atoms with E-state index >= 15 is 0 Å². The molecule has 0 bridgehead atoms. The number of benzene rings is 3. The molecule has 150 valence electrons. The predicted octanol–water partition coefficient (Wildman–Crippen LogP) is 6.91. The van der Waals surface area contributed by atoms with Gasteiger partial charge in [-0.1, -0.05) is 60.1 Å². The second kappa shape index (κ2) is 7.87. The Morgan fingerprint density at radius 2 is 1.76 bits per heavy atom. The molecule has 1 aliphatic heterocycles. The first-order valence-corrected chi connectivity index (χ1v) is 11.0. The van der Waals surface area contributed by atoms with Gasteiger partial charge in [-0.05, 0) is 77.9 Å². The molecule has 4 rings (SSSR count). The van der Waals surface area contributed by atoms with Gasteiger partial charge in [0.25, 0.3) is 0 Å². The molecule has 3 aromatic carbocycles. The summed E-state index contributed by atoms with van der Waals surface area (Å²) in [6, 6.07) is 24.3. The van der Waals surface area contributed by atoms with Gasteiger partial charge < -0.3 is 9.64 Å². The molecule has 3 aromatic rings. The summed E-state index contributed by atoms with van der Waals surface area (Å²) < 4.78 is 6.60. The zero-order chi connectivity index (χ0) is 20.6. The summed E-state index contributed by atoms with van der Waals surface area (Å²) in [5.74, 6) is 1.44. The van der Waals surface area contributed by atoms with Gasteiger partial charge in [-0.15, -0.1) is 0 Å². The van der Waals surface area contributed by atoms with Crippen molar-refractivity contribution >= 4 is 21.6 Å². The Balaban J connectivity index is 1.91. The summed E-state index contributed by atoms with van der Waals surface area (Å²) in [4.78, 5) is 2.57. The lowest BCUT2D eigenvalue weighted by molar-refractivity contribution is 0.411. The highest BCUT2D eigenvalue weighted by Gasteiger charge is 2.40. The van der Waals surface area contributed by atoms with Gasteiger partial charge in [0.1, 0.15) is 5.75 Å². The predicted molar refractivity (Wildman–Crippen MR) is 125 cm³/mol. The molecule has 0 radical (unpaired) electrons. The van der Waals surface area contributed by atoms with E-state index in [9.17, 15) is 0 Å². The van der Waals surface area contributed by atoms with Gasteiger partial charge in [-0.3, -0.25) is 0 Å². The largest absolute Gasteiger partial charge is 0.497 e. The minimum atomic E-state index is -0.254. The molecule has 0 aromatic heterocycles. The van der Waals surface area contributed by atoms with Crippen LogP contribution in [0.2, 0.25) is 0 Å². The van der Waals surface area contributed by atoms with Gasteiger partial charge in [-0.2, -0.15) is 0 Å². The Hall–Kier alpha value is -2.26. The normalized spacial score (nSPS) is 18.6. The van der Waals surface area contributed by atoms with E-state index in [-0.39, 0.29) is 5.54 Å². The number of rotatable bonds is 4. The van der Waals surface area contributed by atoms with Crippen LogP contribution in [0.5, 0.6) is 5.75 Å². The van der Waals surface area contributed by atoms with Crippen LogP contribution >= 0.6 is 15.9 Å². The lowest BCUT2D eigenvalue weighted by atomic mass is 9.76. The third-order valence-electron chi connectivity index (χ3n) is 6.24. The van der Waals surface area contributed by atoms with Crippen molar-refractivity contribution < 1.29 is 4.74 Å². The third kappa shape index (κ3) is 3.57. The van der Waals surface area contributed by atoms with E-state index in [1.807, 2.05) is 0 Å². The molecule has 29 heavy (non-hydrogen) atoms. The van der Waals surface area contributed by atoms with Crippen molar-refractivity contribution in [3.05, 3.63) is 93.5 Å². The molecule has 0 saturated carbocycles. The van der Waals surface area contributed by atoms with Gasteiger partial charge >= 0.3 is 0 Å². The summed E-state index contributed by atoms with van der Waals surface area (Å²) >= 11 is 3.59. The van der Waals surface area contributed by atoms with E-state index in [0.717, 1.165) is 23.2 Å². The van der Waals surface area contributed by atoms with Crippen molar-refractivity contribution in [2.45, 2.75) is 38.6 Å². The molecule has 0 amide bonds. The SMILES string of the molecule is COc1ccc2c(c1)CCN(c1cccc(C(C)C)c1)C2(C)c1ccc(Br)cc1. The van der Waals surface area contributed by atoms with Gasteiger partial charge in [-0.25, -0.2) is 0 Å². The van der Waals surface area contributed by atoms with Crippen molar-refractivity contribution in [2.24, 2.45) is 0 Å². The van der Waals surface area contributed by atoms with Gasteiger partial charge in [0.15, 0.2) is 0 Å². The number of halogens is 1. The fourth-order valence-electron chi connectivity index (χ4n) is 4.50. The molecule has 2 nitrogen and oxygen atoms in total. The van der Waals surface area contributed by atoms with Crippen LogP contribution in [0.1, 0.15) is 48.9 Å². The van der Waals surface area contributed by atoms with Gasteiger partial charge in [0.2, 0.25) is 0 Å². The molecule has 3 heteroatoms. The molecule has 1 unspecified atom stereocenters. The highest BCUT2D eigenvalue weighted by Crippen LogP contribution is 2.44. The summed E-state index contributed by atoms with van der Waals surface area (Å²) in [7, 11) is 1.74. The van der Waals surface area contributed by atoms with Crippen LogP contribution in [-0.4, -0.2) is 13.7 Å². The molecular formula is C26H28BrNO. The van der Waals surface area contributed by atoms with E-state index in [2.05, 4.69) is 108 Å². The van der Waals surface area contributed by atoms with Crippen molar-refractivity contribution in [3.63, 3.8) is 0 Å². The van der Waals surface area contributed by atoms with Crippen molar-refractivity contribution in [1.29, 1.82) is 0 Å². The lowest BCUT2D eigenvalue weighted by Gasteiger charge is -2.48.